The van der Waals surface area contributed by atoms with Crippen molar-refractivity contribution in [3.63, 3.8) is 0 Å². The Morgan fingerprint density at radius 2 is 1.21 bits per heavy atom. The summed E-state index contributed by atoms with van der Waals surface area (Å²) in [6, 6.07) is 8.74. The van der Waals surface area contributed by atoms with E-state index in [4.69, 9.17) is 0 Å². The molecule has 0 saturated heterocycles. The summed E-state index contributed by atoms with van der Waals surface area (Å²) < 4.78 is 0. The molecule has 0 aliphatic carbocycles. The summed E-state index contributed by atoms with van der Waals surface area (Å²) in [5.74, 6) is 0. The number of aryl methyl sites for hydroxylation is 1. The fourth-order valence-corrected chi connectivity index (χ4v) is 1.05. The molecule has 0 aliphatic rings. The molecular weight excluding hydrogens is 168 g/mol. The molecule has 14 heavy (non-hydrogen) atoms. The molecule has 1 rings (SSSR count). The van der Waals surface area contributed by atoms with Crippen molar-refractivity contribution in [1.29, 1.82) is 0 Å². The highest BCUT2D eigenvalue weighted by molar-refractivity contribution is 5.26. The van der Waals surface area contributed by atoms with Gasteiger partial charge in [0.05, 0.1) is 0 Å². The molecule has 0 atom stereocenters. The summed E-state index contributed by atoms with van der Waals surface area (Å²) in [5, 5.41) is 0. The monoisotopic (exact) mass is 194 g/mol. The van der Waals surface area contributed by atoms with Crippen LogP contribution in [0.25, 0.3) is 0 Å². The second-order valence-corrected chi connectivity index (χ2v) is 4.12. The Kier molecular flexibility index (Phi) is 7.44. The molecule has 0 saturated carbocycles. The van der Waals surface area contributed by atoms with Gasteiger partial charge in [-0.3, -0.25) is 0 Å². The van der Waals surface area contributed by atoms with E-state index in [1.165, 1.54) is 11.1 Å². The van der Waals surface area contributed by atoms with E-state index in [0.717, 1.165) is 0 Å². The van der Waals surface area contributed by atoms with Gasteiger partial charge in [0.2, 0.25) is 0 Å². The molecule has 0 heterocycles. The molecule has 0 N–H and O–H groups in total. The minimum atomic E-state index is 0. The maximum absolute atomic E-state index is 2.23. The van der Waals surface area contributed by atoms with Crippen LogP contribution in [-0.2, 0) is 5.41 Å². The van der Waals surface area contributed by atoms with E-state index < -0.39 is 0 Å². The fraction of sp³-hybridized carbons (Fsp3) is 0.571. The van der Waals surface area contributed by atoms with Gasteiger partial charge in [0.25, 0.3) is 0 Å². The Labute approximate surface area is 90.4 Å². The Hall–Kier alpha value is -0.780. The quantitative estimate of drug-likeness (QED) is 0.548. The lowest BCUT2D eigenvalue weighted by atomic mass is 9.87. The zero-order valence-electron chi connectivity index (χ0n) is 9.81. The van der Waals surface area contributed by atoms with Crippen molar-refractivity contribution < 1.29 is 0 Å². The maximum Gasteiger partial charge on any atom is -0.0132 e. The van der Waals surface area contributed by atoms with Crippen molar-refractivity contribution in [2.45, 2.75) is 54.4 Å². The molecule has 0 nitrogen and oxygen atoms in total. The average molecular weight is 194 g/mol. The Morgan fingerprint density at radius 1 is 0.857 bits per heavy atom. The highest BCUT2D eigenvalue weighted by atomic mass is 14.2. The number of hydrogen-bond donors (Lipinski definition) is 0. The van der Waals surface area contributed by atoms with Crippen LogP contribution in [-0.4, -0.2) is 0 Å². The third-order valence-electron chi connectivity index (χ3n) is 1.92. The van der Waals surface area contributed by atoms with Crippen molar-refractivity contribution in [1.82, 2.24) is 0 Å². The predicted octanol–water partition coefficient (Wildman–Crippen LogP) is 4.95. The number of rotatable bonds is 0. The lowest BCUT2D eigenvalue weighted by molar-refractivity contribution is 0.590. The first-order valence-electron chi connectivity index (χ1n) is 5.07. The van der Waals surface area contributed by atoms with Crippen LogP contribution in [0.1, 0.15) is 53.2 Å². The van der Waals surface area contributed by atoms with Gasteiger partial charge in [-0.1, -0.05) is 71.9 Å². The summed E-state index contributed by atoms with van der Waals surface area (Å²) in [4.78, 5) is 0. The molecule has 0 aromatic heterocycles. The summed E-state index contributed by atoms with van der Waals surface area (Å²) in [7, 11) is 0. The lowest BCUT2D eigenvalue weighted by Gasteiger charge is -2.18. The zero-order valence-corrected chi connectivity index (χ0v) is 9.81. The van der Waals surface area contributed by atoms with Gasteiger partial charge >= 0.3 is 0 Å². The Balaban J connectivity index is 0. The van der Waals surface area contributed by atoms with Gasteiger partial charge in [-0.15, -0.1) is 0 Å². The van der Waals surface area contributed by atoms with Gasteiger partial charge in [-0.2, -0.15) is 0 Å². The first kappa shape index (κ1) is 15.7. The van der Waals surface area contributed by atoms with Crippen LogP contribution in [0.4, 0.5) is 0 Å². The van der Waals surface area contributed by atoms with Crippen molar-refractivity contribution >= 4 is 0 Å². The molecule has 1 aromatic carbocycles. The molecule has 0 heteroatoms. The molecule has 0 unspecified atom stereocenters. The van der Waals surface area contributed by atoms with Crippen molar-refractivity contribution in [3.8, 4) is 0 Å². The molecular formula is C14H26. The molecule has 0 radical (unpaired) electrons. The largest absolute Gasteiger partial charge is 0.0776 e. The van der Waals surface area contributed by atoms with Crippen LogP contribution in [0.5, 0.6) is 0 Å². The van der Waals surface area contributed by atoms with Crippen LogP contribution in [0.15, 0.2) is 24.3 Å². The van der Waals surface area contributed by atoms with E-state index in [9.17, 15) is 0 Å². The molecule has 0 aliphatic heterocycles. The SMILES string of the molecule is C.CC.Cc1ccc(C(C)(C)C)cc1. The molecule has 82 valence electrons. The molecule has 1 aromatic rings. The van der Waals surface area contributed by atoms with E-state index >= 15 is 0 Å². The van der Waals surface area contributed by atoms with Gasteiger partial charge in [0.1, 0.15) is 0 Å². The fourth-order valence-electron chi connectivity index (χ4n) is 1.05. The minimum Gasteiger partial charge on any atom is -0.0776 e. The van der Waals surface area contributed by atoms with Crippen LogP contribution in [0, 0.1) is 6.92 Å². The standard InChI is InChI=1S/C11H16.C2H6.CH4/c1-9-5-7-10(8-6-9)11(2,3)4;1-2;/h5-8H,1-4H3;1-2H3;1H4. The first-order chi connectivity index (χ1) is 6.00. The lowest BCUT2D eigenvalue weighted by Crippen LogP contribution is -2.10. The summed E-state index contributed by atoms with van der Waals surface area (Å²) in [6.45, 7) is 12.8. The van der Waals surface area contributed by atoms with Crippen molar-refractivity contribution in [2.24, 2.45) is 0 Å². The van der Waals surface area contributed by atoms with Gasteiger partial charge in [-0.25, -0.2) is 0 Å². The average Bonchev–Trinajstić information content (AvgIpc) is 2.07. The second kappa shape index (κ2) is 6.64. The van der Waals surface area contributed by atoms with E-state index in [1.807, 2.05) is 13.8 Å². The Bertz CT molecular complexity index is 223. The number of benzene rings is 1. The molecule has 0 fully saturated rings. The maximum atomic E-state index is 2.23. The first-order valence-corrected chi connectivity index (χ1v) is 5.07. The van der Waals surface area contributed by atoms with Crippen LogP contribution in [0.2, 0.25) is 0 Å². The van der Waals surface area contributed by atoms with E-state index in [2.05, 4.69) is 52.0 Å². The predicted molar refractivity (Wildman–Crippen MR) is 68.0 cm³/mol. The third-order valence-corrected chi connectivity index (χ3v) is 1.92. The smallest absolute Gasteiger partial charge is 0.0132 e. The molecule has 0 bridgehead atoms. The van der Waals surface area contributed by atoms with Gasteiger partial charge in [-0.05, 0) is 17.9 Å². The molecule has 0 spiro atoms. The van der Waals surface area contributed by atoms with Gasteiger partial charge in [0, 0.05) is 0 Å². The van der Waals surface area contributed by atoms with Crippen LogP contribution in [0.3, 0.4) is 0 Å². The molecule has 0 amide bonds. The van der Waals surface area contributed by atoms with Crippen LogP contribution < -0.4 is 0 Å². The second-order valence-electron chi connectivity index (χ2n) is 4.12. The van der Waals surface area contributed by atoms with Crippen molar-refractivity contribution in [2.75, 3.05) is 0 Å². The van der Waals surface area contributed by atoms with Crippen LogP contribution >= 0.6 is 0 Å². The van der Waals surface area contributed by atoms with Gasteiger partial charge in [0.15, 0.2) is 0 Å². The normalized spacial score (nSPS) is 9.57. The summed E-state index contributed by atoms with van der Waals surface area (Å²) in [6.07, 6.45) is 0. The van der Waals surface area contributed by atoms with E-state index in [0.29, 0.717) is 0 Å². The highest BCUT2D eigenvalue weighted by Gasteiger charge is 2.11. The minimum absolute atomic E-state index is 0. The highest BCUT2D eigenvalue weighted by Crippen LogP contribution is 2.21. The zero-order chi connectivity index (χ0) is 10.5. The number of hydrogen-bond acceptors (Lipinski definition) is 0. The van der Waals surface area contributed by atoms with E-state index in [1.54, 1.807) is 0 Å². The topological polar surface area (TPSA) is 0 Å². The van der Waals surface area contributed by atoms with E-state index in [-0.39, 0.29) is 12.8 Å². The third kappa shape index (κ3) is 5.06. The van der Waals surface area contributed by atoms with Crippen molar-refractivity contribution in [3.05, 3.63) is 35.4 Å². The Morgan fingerprint density at radius 3 is 1.50 bits per heavy atom. The van der Waals surface area contributed by atoms with Gasteiger partial charge < -0.3 is 0 Å². The summed E-state index contributed by atoms with van der Waals surface area (Å²) in [5.41, 5.74) is 3.02. The summed E-state index contributed by atoms with van der Waals surface area (Å²) >= 11 is 0.